The van der Waals surface area contributed by atoms with E-state index < -0.39 is 17.7 Å². The van der Waals surface area contributed by atoms with Crippen molar-refractivity contribution < 1.29 is 22.7 Å². The highest BCUT2D eigenvalue weighted by Gasteiger charge is 2.32. The molecule has 0 aliphatic carbocycles. The number of rotatable bonds is 1. The Kier molecular flexibility index (Phi) is 2.89. The highest BCUT2D eigenvalue weighted by Crippen LogP contribution is 2.37. The first-order valence-corrected chi connectivity index (χ1v) is 5.49. The van der Waals surface area contributed by atoms with Gasteiger partial charge in [-0.05, 0) is 6.07 Å². The molecule has 0 aliphatic rings. The predicted octanol–water partition coefficient (Wildman–Crippen LogP) is 2.68. The van der Waals surface area contributed by atoms with E-state index >= 15 is 0 Å². The SMILES string of the molecule is COC(=O)c1sc2ncc(C(F)(F)F)cc2c1N. The normalized spacial score (nSPS) is 11.8. The van der Waals surface area contributed by atoms with E-state index in [1.165, 1.54) is 7.11 Å². The monoisotopic (exact) mass is 276 g/mol. The van der Waals surface area contributed by atoms with E-state index in [-0.39, 0.29) is 20.8 Å². The van der Waals surface area contributed by atoms with Crippen molar-refractivity contribution in [2.24, 2.45) is 0 Å². The third kappa shape index (κ3) is 1.99. The van der Waals surface area contributed by atoms with Crippen LogP contribution in [0.25, 0.3) is 10.2 Å². The Balaban J connectivity index is 2.64. The van der Waals surface area contributed by atoms with Gasteiger partial charge < -0.3 is 10.5 Å². The molecule has 0 fully saturated rings. The number of carbonyl (C=O) groups excluding carboxylic acids is 1. The third-order valence-electron chi connectivity index (χ3n) is 2.28. The van der Waals surface area contributed by atoms with Crippen LogP contribution in [0.5, 0.6) is 0 Å². The molecule has 4 nitrogen and oxygen atoms in total. The molecule has 8 heteroatoms. The molecule has 0 atom stereocenters. The summed E-state index contributed by atoms with van der Waals surface area (Å²) in [6.07, 6.45) is -3.79. The number of esters is 1. The van der Waals surface area contributed by atoms with Gasteiger partial charge in [-0.1, -0.05) is 0 Å². The largest absolute Gasteiger partial charge is 0.465 e. The number of pyridine rings is 1. The summed E-state index contributed by atoms with van der Waals surface area (Å²) < 4.78 is 42.0. The average Bonchev–Trinajstić information content (AvgIpc) is 2.64. The molecule has 2 N–H and O–H groups in total. The lowest BCUT2D eigenvalue weighted by Gasteiger charge is -2.05. The van der Waals surface area contributed by atoms with Crippen molar-refractivity contribution in [1.29, 1.82) is 0 Å². The van der Waals surface area contributed by atoms with Crippen LogP contribution in [0.3, 0.4) is 0 Å². The van der Waals surface area contributed by atoms with E-state index in [1.54, 1.807) is 0 Å². The second-order valence-corrected chi connectivity index (χ2v) is 4.41. The Morgan fingerprint density at radius 2 is 2.17 bits per heavy atom. The zero-order valence-electron chi connectivity index (χ0n) is 9.04. The molecular formula is C10H7F3N2O2S. The quantitative estimate of drug-likeness (QED) is 0.813. The summed E-state index contributed by atoms with van der Waals surface area (Å²) >= 11 is 0.898. The number of nitrogens with zero attached hydrogens (tertiary/aromatic N) is 1. The van der Waals surface area contributed by atoms with E-state index in [0.717, 1.165) is 17.4 Å². The van der Waals surface area contributed by atoms with Crippen molar-refractivity contribution in [3.63, 3.8) is 0 Å². The van der Waals surface area contributed by atoms with Crippen LogP contribution < -0.4 is 5.73 Å². The lowest BCUT2D eigenvalue weighted by atomic mass is 10.2. The minimum atomic E-state index is -4.50. The van der Waals surface area contributed by atoms with Gasteiger partial charge in [-0.25, -0.2) is 9.78 Å². The molecule has 0 unspecified atom stereocenters. The molecule has 0 saturated carbocycles. The summed E-state index contributed by atoms with van der Waals surface area (Å²) in [6, 6.07) is 0.876. The molecule has 0 radical (unpaired) electrons. The highest BCUT2D eigenvalue weighted by molar-refractivity contribution is 7.21. The molecule has 2 aromatic rings. The molecule has 2 aromatic heterocycles. The lowest BCUT2D eigenvalue weighted by molar-refractivity contribution is -0.137. The van der Waals surface area contributed by atoms with Gasteiger partial charge in [0, 0.05) is 11.6 Å². The number of anilines is 1. The zero-order valence-corrected chi connectivity index (χ0v) is 9.85. The van der Waals surface area contributed by atoms with Crippen LogP contribution in [0.4, 0.5) is 18.9 Å². The molecule has 18 heavy (non-hydrogen) atoms. The number of hydrogen-bond acceptors (Lipinski definition) is 5. The molecule has 96 valence electrons. The Morgan fingerprint density at radius 1 is 1.50 bits per heavy atom. The molecule has 2 rings (SSSR count). The Morgan fingerprint density at radius 3 is 2.72 bits per heavy atom. The molecule has 0 amide bonds. The van der Waals surface area contributed by atoms with Crippen LogP contribution in [0.15, 0.2) is 12.3 Å². The number of thiophene rings is 1. The number of nitrogens with two attached hydrogens (primary N) is 1. The van der Waals surface area contributed by atoms with Crippen molar-refractivity contribution in [3.8, 4) is 0 Å². The molecule has 2 heterocycles. The number of ether oxygens (including phenoxy) is 1. The first-order valence-electron chi connectivity index (χ1n) is 4.68. The number of halogens is 3. The predicted molar refractivity (Wildman–Crippen MR) is 60.4 cm³/mol. The van der Waals surface area contributed by atoms with Gasteiger partial charge in [-0.15, -0.1) is 11.3 Å². The second-order valence-electron chi connectivity index (χ2n) is 3.41. The molecular weight excluding hydrogens is 269 g/mol. The number of fused-ring (bicyclic) bond motifs is 1. The van der Waals surface area contributed by atoms with Gasteiger partial charge in [0.1, 0.15) is 9.71 Å². The zero-order chi connectivity index (χ0) is 13.5. The van der Waals surface area contributed by atoms with Gasteiger partial charge in [-0.2, -0.15) is 13.2 Å². The maximum absolute atomic E-state index is 12.5. The molecule has 0 spiro atoms. The third-order valence-corrected chi connectivity index (χ3v) is 3.39. The summed E-state index contributed by atoms with van der Waals surface area (Å²) in [5.74, 6) is -0.691. The topological polar surface area (TPSA) is 65.2 Å². The molecule has 0 bridgehead atoms. The van der Waals surface area contributed by atoms with E-state index in [9.17, 15) is 18.0 Å². The van der Waals surface area contributed by atoms with Crippen molar-refractivity contribution in [2.75, 3.05) is 12.8 Å². The molecule has 0 saturated heterocycles. The Bertz CT molecular complexity index is 621. The highest BCUT2D eigenvalue weighted by atomic mass is 32.1. The first-order chi connectivity index (χ1) is 8.34. The smallest absolute Gasteiger partial charge is 0.417 e. The van der Waals surface area contributed by atoms with Gasteiger partial charge in [0.2, 0.25) is 0 Å². The summed E-state index contributed by atoms with van der Waals surface area (Å²) in [6.45, 7) is 0. The molecule has 0 aliphatic heterocycles. The molecule has 0 aromatic carbocycles. The fourth-order valence-electron chi connectivity index (χ4n) is 1.40. The number of hydrogen-bond donors (Lipinski definition) is 1. The van der Waals surface area contributed by atoms with Crippen LogP contribution in [0.2, 0.25) is 0 Å². The summed E-state index contributed by atoms with van der Waals surface area (Å²) in [5, 5.41) is 0.107. The maximum atomic E-state index is 12.5. The average molecular weight is 276 g/mol. The number of aromatic nitrogens is 1. The first kappa shape index (κ1) is 12.6. The fraction of sp³-hybridized carbons (Fsp3) is 0.200. The Hall–Kier alpha value is -1.83. The van der Waals surface area contributed by atoms with Crippen molar-refractivity contribution in [1.82, 2.24) is 4.98 Å². The van der Waals surface area contributed by atoms with E-state index in [1.807, 2.05) is 0 Å². The van der Waals surface area contributed by atoms with Crippen molar-refractivity contribution in [2.45, 2.75) is 6.18 Å². The Labute approximate surface area is 103 Å². The van der Waals surface area contributed by atoms with Crippen LogP contribution >= 0.6 is 11.3 Å². The minimum Gasteiger partial charge on any atom is -0.465 e. The van der Waals surface area contributed by atoms with E-state index in [2.05, 4.69) is 9.72 Å². The maximum Gasteiger partial charge on any atom is 0.417 e. The summed E-state index contributed by atoms with van der Waals surface area (Å²) in [4.78, 5) is 15.3. The number of carbonyl (C=O) groups is 1. The van der Waals surface area contributed by atoms with Crippen LogP contribution in [-0.2, 0) is 10.9 Å². The summed E-state index contributed by atoms with van der Waals surface area (Å²) in [7, 11) is 1.17. The fourth-order valence-corrected chi connectivity index (χ4v) is 2.36. The van der Waals surface area contributed by atoms with E-state index in [0.29, 0.717) is 6.20 Å². The standard InChI is InChI=1S/C10H7F3N2O2S/c1-17-9(16)7-6(14)5-2-4(10(11,12)13)3-15-8(5)18-7/h2-3H,14H2,1H3. The van der Waals surface area contributed by atoms with Crippen LogP contribution in [0.1, 0.15) is 15.2 Å². The van der Waals surface area contributed by atoms with Crippen LogP contribution in [0, 0.1) is 0 Å². The minimum absolute atomic E-state index is 0.0412. The van der Waals surface area contributed by atoms with Gasteiger partial charge >= 0.3 is 12.1 Å². The number of alkyl halides is 3. The second kappa shape index (κ2) is 4.13. The number of nitrogen functional groups attached to an aromatic ring is 1. The van der Waals surface area contributed by atoms with Crippen molar-refractivity contribution in [3.05, 3.63) is 22.7 Å². The van der Waals surface area contributed by atoms with Crippen molar-refractivity contribution >= 4 is 33.2 Å². The van der Waals surface area contributed by atoms with Gasteiger partial charge in [0.15, 0.2) is 0 Å². The van der Waals surface area contributed by atoms with Crippen LogP contribution in [-0.4, -0.2) is 18.1 Å². The van der Waals surface area contributed by atoms with E-state index in [4.69, 9.17) is 5.73 Å². The van der Waals surface area contributed by atoms with Gasteiger partial charge in [0.05, 0.1) is 18.4 Å². The lowest BCUT2D eigenvalue weighted by Crippen LogP contribution is -2.05. The summed E-state index contributed by atoms with van der Waals surface area (Å²) in [5.41, 5.74) is 4.68. The number of methoxy groups -OCH3 is 1. The van der Waals surface area contributed by atoms with Gasteiger partial charge in [-0.3, -0.25) is 0 Å². The van der Waals surface area contributed by atoms with Gasteiger partial charge in [0.25, 0.3) is 0 Å².